The van der Waals surface area contributed by atoms with Crippen molar-refractivity contribution in [2.45, 2.75) is 13.3 Å². The highest BCUT2D eigenvalue weighted by atomic mass is 35.5. The van der Waals surface area contributed by atoms with Gasteiger partial charge in [-0.2, -0.15) is 0 Å². The van der Waals surface area contributed by atoms with Crippen molar-refractivity contribution in [2.75, 3.05) is 24.7 Å². The van der Waals surface area contributed by atoms with Crippen LogP contribution in [0, 0.1) is 0 Å². The molecule has 19 heavy (non-hydrogen) atoms. The van der Waals surface area contributed by atoms with Crippen LogP contribution in [-0.2, 0) is 14.3 Å². The number of hydrogen-bond donors (Lipinski definition) is 1. The molecule has 1 aromatic carbocycles. The Kier molecular flexibility index (Phi) is 6.32. The first-order valence-electron chi connectivity index (χ1n) is 5.90. The molecule has 0 unspecified atom stereocenters. The predicted octanol–water partition coefficient (Wildman–Crippen LogP) is 2.18. The minimum atomic E-state index is -1.08. The van der Waals surface area contributed by atoms with E-state index in [1.165, 1.54) is 0 Å². The van der Waals surface area contributed by atoms with Gasteiger partial charge in [0.1, 0.15) is 13.2 Å². The third kappa shape index (κ3) is 5.28. The smallest absolute Gasteiger partial charge is 0.323 e. The Balaban J connectivity index is 2.79. The molecular formula is C13H16ClNO4. The lowest BCUT2D eigenvalue weighted by molar-refractivity contribution is -0.137. The van der Waals surface area contributed by atoms with Gasteiger partial charge in [-0.25, -0.2) is 0 Å². The van der Waals surface area contributed by atoms with Crippen LogP contribution in [-0.4, -0.2) is 36.7 Å². The van der Waals surface area contributed by atoms with E-state index in [-0.39, 0.29) is 6.61 Å². The van der Waals surface area contributed by atoms with Crippen LogP contribution in [0.4, 0.5) is 5.69 Å². The van der Waals surface area contributed by atoms with Gasteiger partial charge in [0.15, 0.2) is 0 Å². The summed E-state index contributed by atoms with van der Waals surface area (Å²) in [4.78, 5) is 23.9. The fraction of sp³-hybridized carbons (Fsp3) is 0.385. The molecule has 1 amide bonds. The number of carboxylic acids is 1. The molecule has 0 atom stereocenters. The highest BCUT2D eigenvalue weighted by molar-refractivity contribution is 6.30. The molecule has 5 nitrogen and oxygen atoms in total. The third-order valence-electron chi connectivity index (χ3n) is 2.31. The van der Waals surface area contributed by atoms with Crippen LogP contribution in [0.15, 0.2) is 24.3 Å². The monoisotopic (exact) mass is 285 g/mol. The number of aliphatic carboxylic acids is 1. The molecule has 1 rings (SSSR count). The molecule has 0 aliphatic rings. The van der Waals surface area contributed by atoms with Crippen molar-refractivity contribution in [3.63, 3.8) is 0 Å². The Hall–Kier alpha value is -1.59. The molecule has 0 fully saturated rings. The first-order chi connectivity index (χ1) is 9.04. The van der Waals surface area contributed by atoms with Crippen molar-refractivity contribution in [1.29, 1.82) is 0 Å². The van der Waals surface area contributed by atoms with Gasteiger partial charge in [0.05, 0.1) is 0 Å². The van der Waals surface area contributed by atoms with Crippen molar-refractivity contribution < 1.29 is 19.4 Å². The molecule has 0 saturated carbocycles. The summed E-state index contributed by atoms with van der Waals surface area (Å²) in [6, 6.07) is 6.41. The quantitative estimate of drug-likeness (QED) is 0.780. The van der Waals surface area contributed by atoms with E-state index < -0.39 is 18.4 Å². The van der Waals surface area contributed by atoms with E-state index in [0.29, 0.717) is 17.3 Å². The predicted molar refractivity (Wildman–Crippen MR) is 72.6 cm³/mol. The van der Waals surface area contributed by atoms with Gasteiger partial charge in [0.25, 0.3) is 5.91 Å². The van der Waals surface area contributed by atoms with E-state index in [2.05, 4.69) is 0 Å². The van der Waals surface area contributed by atoms with Crippen LogP contribution in [0.5, 0.6) is 0 Å². The Morgan fingerprint density at radius 1 is 1.32 bits per heavy atom. The van der Waals surface area contributed by atoms with Gasteiger partial charge in [-0.15, -0.1) is 0 Å². The number of hydrogen-bond acceptors (Lipinski definition) is 3. The minimum Gasteiger partial charge on any atom is -0.480 e. The van der Waals surface area contributed by atoms with Crippen molar-refractivity contribution in [2.24, 2.45) is 0 Å². The van der Waals surface area contributed by atoms with E-state index in [0.717, 1.165) is 11.3 Å². The zero-order valence-electron chi connectivity index (χ0n) is 10.6. The first-order valence-corrected chi connectivity index (χ1v) is 6.28. The average molecular weight is 286 g/mol. The van der Waals surface area contributed by atoms with Crippen LogP contribution in [0.25, 0.3) is 0 Å². The summed E-state index contributed by atoms with van der Waals surface area (Å²) in [5.74, 6) is -1.48. The third-order valence-corrected chi connectivity index (χ3v) is 2.56. The summed E-state index contributed by atoms with van der Waals surface area (Å²) in [5.41, 5.74) is 0.483. The van der Waals surface area contributed by atoms with Gasteiger partial charge < -0.3 is 9.84 Å². The Bertz CT molecular complexity index is 433. The molecule has 0 aliphatic heterocycles. The van der Waals surface area contributed by atoms with Crippen LogP contribution in [0.3, 0.4) is 0 Å². The maximum Gasteiger partial charge on any atom is 0.323 e. The number of anilines is 1. The van der Waals surface area contributed by atoms with Gasteiger partial charge in [-0.05, 0) is 30.7 Å². The van der Waals surface area contributed by atoms with E-state index in [4.69, 9.17) is 21.4 Å². The largest absolute Gasteiger partial charge is 0.480 e. The average Bonchev–Trinajstić information content (AvgIpc) is 2.37. The van der Waals surface area contributed by atoms with E-state index in [1.807, 2.05) is 6.92 Å². The second-order valence-corrected chi connectivity index (χ2v) is 4.34. The first kappa shape index (κ1) is 15.5. The van der Waals surface area contributed by atoms with E-state index in [1.54, 1.807) is 24.3 Å². The van der Waals surface area contributed by atoms with Gasteiger partial charge in [-0.3, -0.25) is 14.5 Å². The van der Waals surface area contributed by atoms with Gasteiger partial charge in [0.2, 0.25) is 0 Å². The zero-order valence-corrected chi connectivity index (χ0v) is 11.4. The zero-order chi connectivity index (χ0) is 14.3. The Morgan fingerprint density at radius 2 is 1.95 bits per heavy atom. The number of rotatable bonds is 7. The number of nitrogens with zero attached hydrogens (tertiary/aromatic N) is 1. The minimum absolute atomic E-state index is 0.135. The molecule has 1 aromatic rings. The lowest BCUT2D eigenvalue weighted by atomic mass is 10.3. The molecule has 1 N–H and O–H groups in total. The normalized spacial score (nSPS) is 10.2. The molecule has 0 saturated heterocycles. The summed E-state index contributed by atoms with van der Waals surface area (Å²) in [7, 11) is 0. The van der Waals surface area contributed by atoms with Crippen LogP contribution < -0.4 is 4.90 Å². The lowest BCUT2D eigenvalue weighted by Crippen LogP contribution is -2.38. The molecular weight excluding hydrogens is 270 g/mol. The summed E-state index contributed by atoms with van der Waals surface area (Å²) in [6.45, 7) is 1.85. The topological polar surface area (TPSA) is 66.8 Å². The standard InChI is InChI=1S/C13H16ClNO4/c1-2-7-19-9-12(16)15(8-13(17)18)11-5-3-10(14)4-6-11/h3-6H,2,7-9H2,1H3,(H,17,18). The van der Waals surface area contributed by atoms with Gasteiger partial charge in [0, 0.05) is 17.3 Å². The molecule has 104 valence electrons. The fourth-order valence-corrected chi connectivity index (χ4v) is 1.59. The number of benzene rings is 1. The van der Waals surface area contributed by atoms with Crippen molar-refractivity contribution >= 4 is 29.2 Å². The van der Waals surface area contributed by atoms with Crippen LogP contribution in [0.1, 0.15) is 13.3 Å². The van der Waals surface area contributed by atoms with Gasteiger partial charge in [-0.1, -0.05) is 18.5 Å². The number of ether oxygens (including phenoxy) is 1. The highest BCUT2D eigenvalue weighted by Gasteiger charge is 2.18. The Labute approximate surface area is 116 Å². The molecule has 0 radical (unpaired) electrons. The molecule has 0 bridgehead atoms. The van der Waals surface area contributed by atoms with Crippen molar-refractivity contribution in [1.82, 2.24) is 0 Å². The number of carbonyl (C=O) groups is 2. The summed E-state index contributed by atoms with van der Waals surface area (Å²) >= 11 is 5.76. The second kappa shape index (κ2) is 7.76. The number of amides is 1. The van der Waals surface area contributed by atoms with E-state index in [9.17, 15) is 9.59 Å². The molecule has 6 heteroatoms. The summed E-state index contributed by atoms with van der Waals surface area (Å²) in [5, 5.41) is 9.38. The highest BCUT2D eigenvalue weighted by Crippen LogP contribution is 2.18. The number of carbonyl (C=O) groups excluding carboxylic acids is 1. The fourth-order valence-electron chi connectivity index (χ4n) is 1.46. The lowest BCUT2D eigenvalue weighted by Gasteiger charge is -2.20. The Morgan fingerprint density at radius 3 is 2.47 bits per heavy atom. The molecule has 0 aromatic heterocycles. The summed E-state index contributed by atoms with van der Waals surface area (Å²) in [6.07, 6.45) is 0.799. The maximum absolute atomic E-state index is 11.9. The van der Waals surface area contributed by atoms with Crippen molar-refractivity contribution in [3.8, 4) is 0 Å². The van der Waals surface area contributed by atoms with Crippen molar-refractivity contribution in [3.05, 3.63) is 29.3 Å². The van der Waals surface area contributed by atoms with Crippen LogP contribution in [0.2, 0.25) is 5.02 Å². The second-order valence-electron chi connectivity index (χ2n) is 3.90. The maximum atomic E-state index is 11.9. The SMILES string of the molecule is CCCOCC(=O)N(CC(=O)O)c1ccc(Cl)cc1. The number of carboxylic acid groups (broad SMARTS) is 1. The number of halogens is 1. The molecule has 0 heterocycles. The van der Waals surface area contributed by atoms with Crippen LogP contribution >= 0.6 is 11.6 Å². The van der Waals surface area contributed by atoms with E-state index >= 15 is 0 Å². The molecule has 0 aliphatic carbocycles. The molecule has 0 spiro atoms. The summed E-state index contributed by atoms with van der Waals surface area (Å²) < 4.78 is 5.14. The van der Waals surface area contributed by atoms with Gasteiger partial charge >= 0.3 is 5.97 Å².